The summed E-state index contributed by atoms with van der Waals surface area (Å²) in [6.07, 6.45) is -1.36. The first kappa shape index (κ1) is 30.9. The maximum atomic E-state index is 13.4. The van der Waals surface area contributed by atoms with Crippen LogP contribution in [-0.2, 0) is 23.5 Å². The van der Waals surface area contributed by atoms with Gasteiger partial charge in [0.05, 0.1) is 22.6 Å². The monoisotopic (exact) mass is 573 g/mol. The molecule has 0 bridgehead atoms. The Bertz CT molecular complexity index is 1130. The second kappa shape index (κ2) is 12.5. The lowest BCUT2D eigenvalue weighted by atomic mass is 9.95. The molecule has 0 atom stereocenters. The number of alkyl halides is 6. The molecule has 0 saturated carbocycles. The highest BCUT2D eigenvalue weighted by Crippen LogP contribution is 2.38. The number of nitrogens with one attached hydrogen (secondary N) is 1. The first-order valence-corrected chi connectivity index (χ1v) is 12.8. The highest BCUT2D eigenvalue weighted by Gasteiger charge is 2.38. The quantitative estimate of drug-likeness (QED) is 0.238. The normalized spacial score (nSPS) is 18.8. The van der Waals surface area contributed by atoms with Crippen LogP contribution in [0.2, 0.25) is 0 Å². The summed E-state index contributed by atoms with van der Waals surface area (Å²) in [5.74, 6) is 2.91. The Balaban J connectivity index is 0.000000877. The SMILES string of the molecule is C#CCNC1=NC(=O)S/C1=C\C1CCN(Cc2ccc(C(F)(F)F)cc2C(F)(F)F)CC1.O=P(O)(O)O. The molecule has 0 radical (unpaired) electrons. The third kappa shape index (κ3) is 10.5. The lowest BCUT2D eigenvalue weighted by Gasteiger charge is -2.31. The number of likely N-dealkylation sites (tertiary alicyclic amines) is 1. The molecule has 16 heteroatoms. The molecule has 3 rings (SSSR count). The van der Waals surface area contributed by atoms with Gasteiger partial charge in [-0.25, -0.2) is 4.57 Å². The highest BCUT2D eigenvalue weighted by atomic mass is 32.2. The largest absolute Gasteiger partial charge is 0.466 e. The summed E-state index contributed by atoms with van der Waals surface area (Å²) < 4.78 is 87.5. The van der Waals surface area contributed by atoms with Crippen LogP contribution in [0.1, 0.15) is 29.5 Å². The fourth-order valence-electron chi connectivity index (χ4n) is 3.57. The van der Waals surface area contributed by atoms with Crippen LogP contribution < -0.4 is 5.32 Å². The average Bonchev–Trinajstić information content (AvgIpc) is 3.10. The molecule has 1 aromatic carbocycles. The van der Waals surface area contributed by atoms with E-state index in [1.807, 2.05) is 6.08 Å². The van der Waals surface area contributed by atoms with Crippen LogP contribution in [0.4, 0.5) is 31.1 Å². The number of amides is 1. The minimum Gasteiger partial charge on any atom is -0.358 e. The van der Waals surface area contributed by atoms with Crippen LogP contribution >= 0.6 is 19.6 Å². The summed E-state index contributed by atoms with van der Waals surface area (Å²) >= 11 is 0.986. The van der Waals surface area contributed by atoms with Gasteiger partial charge in [0.25, 0.3) is 0 Å². The molecule has 0 aromatic heterocycles. The van der Waals surface area contributed by atoms with Gasteiger partial charge in [0, 0.05) is 6.54 Å². The van der Waals surface area contributed by atoms with Gasteiger partial charge in [0.1, 0.15) is 5.84 Å². The zero-order valence-corrected chi connectivity index (χ0v) is 20.6. The Morgan fingerprint density at radius 3 is 2.27 bits per heavy atom. The molecule has 1 saturated heterocycles. The number of nitrogens with zero attached hydrogens (tertiary/aromatic N) is 2. The Morgan fingerprint density at radius 2 is 1.76 bits per heavy atom. The number of benzene rings is 1. The van der Waals surface area contributed by atoms with E-state index in [1.54, 1.807) is 4.90 Å². The average molecular weight is 573 g/mol. The van der Waals surface area contributed by atoms with Gasteiger partial charge in [-0.2, -0.15) is 31.3 Å². The van der Waals surface area contributed by atoms with E-state index in [9.17, 15) is 31.1 Å². The van der Waals surface area contributed by atoms with Crippen LogP contribution in [0.3, 0.4) is 0 Å². The van der Waals surface area contributed by atoms with Crippen molar-refractivity contribution in [3.05, 3.63) is 45.9 Å². The summed E-state index contributed by atoms with van der Waals surface area (Å²) in [6, 6.07) is 1.76. The van der Waals surface area contributed by atoms with Gasteiger partial charge in [-0.05, 0) is 61.3 Å². The summed E-state index contributed by atoms with van der Waals surface area (Å²) in [6.45, 7) is 1.06. The fourth-order valence-corrected chi connectivity index (χ4v) is 4.37. The molecule has 8 nitrogen and oxygen atoms in total. The van der Waals surface area contributed by atoms with Crippen molar-refractivity contribution >= 4 is 30.7 Å². The van der Waals surface area contributed by atoms with Crippen LogP contribution in [0.15, 0.2) is 34.2 Å². The number of phosphoric acid groups is 1. The Labute approximate surface area is 212 Å². The van der Waals surface area contributed by atoms with Gasteiger partial charge in [0.2, 0.25) is 0 Å². The van der Waals surface area contributed by atoms with E-state index in [-0.39, 0.29) is 35.9 Å². The maximum Gasteiger partial charge on any atom is 0.466 e. The molecule has 0 spiro atoms. The predicted octanol–water partition coefficient (Wildman–Crippen LogP) is 4.38. The van der Waals surface area contributed by atoms with Gasteiger partial charge in [-0.15, -0.1) is 6.42 Å². The lowest BCUT2D eigenvalue weighted by Crippen LogP contribution is -2.33. The number of terminal acetylenes is 1. The van der Waals surface area contributed by atoms with Crippen molar-refractivity contribution in [2.45, 2.75) is 31.7 Å². The topological polar surface area (TPSA) is 122 Å². The molecule has 0 unspecified atom stereocenters. The van der Waals surface area contributed by atoms with Crippen LogP contribution in [-0.4, -0.2) is 50.3 Å². The Kier molecular flexibility index (Phi) is 10.4. The standard InChI is InChI=1S/C21H19F6N3OS.H3O4P/c1-2-7-28-18-17(32-19(31)29-18)10-13-5-8-30(9-6-13)12-14-3-4-15(20(22,23)24)11-16(14)21(25,26)27;1-5(2,3)4/h1,3-4,10-11,13H,5-9,12H2,(H,28,29,31);(H3,1,2,3,4)/b17-10-;. The van der Waals surface area contributed by atoms with Crippen molar-refractivity contribution in [3.63, 3.8) is 0 Å². The number of thioether (sulfide) groups is 1. The first-order chi connectivity index (χ1) is 17.0. The van der Waals surface area contributed by atoms with Gasteiger partial charge in [-0.3, -0.25) is 9.69 Å². The van der Waals surface area contributed by atoms with Crippen molar-refractivity contribution < 1.29 is 50.4 Å². The molecule has 2 aliphatic rings. The van der Waals surface area contributed by atoms with E-state index in [2.05, 4.69) is 16.2 Å². The summed E-state index contributed by atoms with van der Waals surface area (Å²) in [7, 11) is -4.64. The third-order valence-electron chi connectivity index (χ3n) is 5.15. The minimum absolute atomic E-state index is 0.0900. The molecule has 2 heterocycles. The summed E-state index contributed by atoms with van der Waals surface area (Å²) in [4.78, 5) is 39.5. The van der Waals surface area contributed by atoms with E-state index >= 15 is 0 Å². The number of amidine groups is 1. The molecular weight excluding hydrogens is 551 g/mol. The number of hydrogen-bond donors (Lipinski definition) is 4. The molecule has 204 valence electrons. The summed E-state index contributed by atoms with van der Waals surface area (Å²) in [5.41, 5.74) is -2.77. The third-order valence-corrected chi connectivity index (χ3v) is 5.96. The smallest absolute Gasteiger partial charge is 0.358 e. The fraction of sp³-hybridized carbons (Fsp3) is 0.429. The van der Waals surface area contributed by atoms with Gasteiger partial charge in [0.15, 0.2) is 0 Å². The minimum atomic E-state index is -4.88. The van der Waals surface area contributed by atoms with Crippen molar-refractivity contribution in [1.29, 1.82) is 0 Å². The van der Waals surface area contributed by atoms with Gasteiger partial charge >= 0.3 is 25.4 Å². The molecule has 1 fully saturated rings. The van der Waals surface area contributed by atoms with Crippen molar-refractivity contribution in [2.24, 2.45) is 10.9 Å². The maximum absolute atomic E-state index is 13.4. The molecule has 1 aromatic rings. The molecular formula is C21H22F6N3O5PS. The van der Waals surface area contributed by atoms with E-state index in [1.165, 1.54) is 0 Å². The number of carbonyl (C=O) groups excluding carboxylic acids is 1. The number of halogens is 6. The predicted molar refractivity (Wildman–Crippen MR) is 124 cm³/mol. The zero-order valence-electron chi connectivity index (χ0n) is 18.9. The molecule has 37 heavy (non-hydrogen) atoms. The van der Waals surface area contributed by atoms with Gasteiger partial charge in [-0.1, -0.05) is 18.1 Å². The molecule has 4 N–H and O–H groups in total. The van der Waals surface area contributed by atoms with Crippen molar-refractivity contribution in [1.82, 2.24) is 10.2 Å². The molecule has 0 aliphatic carbocycles. The number of aliphatic imine (C=N–C) groups is 1. The van der Waals surface area contributed by atoms with Crippen LogP contribution in [0.5, 0.6) is 0 Å². The van der Waals surface area contributed by atoms with Crippen LogP contribution in [0.25, 0.3) is 0 Å². The number of allylic oxidation sites excluding steroid dienone is 1. The van der Waals surface area contributed by atoms with E-state index in [4.69, 9.17) is 25.7 Å². The van der Waals surface area contributed by atoms with Crippen LogP contribution in [0, 0.1) is 18.3 Å². The second-order valence-corrected chi connectivity index (χ2v) is 9.93. The Morgan fingerprint density at radius 1 is 1.16 bits per heavy atom. The number of hydrogen-bond acceptors (Lipinski definition) is 5. The van der Waals surface area contributed by atoms with Gasteiger partial charge < -0.3 is 20.0 Å². The second-order valence-electron chi connectivity index (χ2n) is 7.91. The van der Waals surface area contributed by atoms with Crippen molar-refractivity contribution in [3.8, 4) is 12.3 Å². The lowest BCUT2D eigenvalue weighted by molar-refractivity contribution is -0.143. The highest BCUT2D eigenvalue weighted by molar-refractivity contribution is 8.18. The molecule has 2 aliphatic heterocycles. The zero-order chi connectivity index (χ0) is 28.0. The Hall–Kier alpha value is -2.34. The number of piperidine rings is 1. The van der Waals surface area contributed by atoms with E-state index < -0.39 is 31.3 Å². The summed E-state index contributed by atoms with van der Waals surface area (Å²) in [5, 5.41) is 2.53. The number of carbonyl (C=O) groups is 1. The van der Waals surface area contributed by atoms with E-state index in [0.29, 0.717) is 42.7 Å². The number of rotatable bonds is 4. The molecule has 1 amide bonds. The first-order valence-electron chi connectivity index (χ1n) is 10.5. The van der Waals surface area contributed by atoms with Crippen molar-refractivity contribution in [2.75, 3.05) is 19.6 Å². The van der Waals surface area contributed by atoms with E-state index in [0.717, 1.165) is 17.8 Å².